The molecule has 64 heavy (non-hydrogen) atoms. The fourth-order valence-corrected chi connectivity index (χ4v) is 7.47. The van der Waals surface area contributed by atoms with Crippen LogP contribution in [0.3, 0.4) is 0 Å². The predicted molar refractivity (Wildman–Crippen MR) is 279 cm³/mol. The van der Waals surface area contributed by atoms with Crippen LogP contribution in [-0.4, -0.2) is 37.9 Å². The first-order chi connectivity index (χ1) is 31.6. The minimum Gasteiger partial charge on any atom is -0.462 e. The van der Waals surface area contributed by atoms with E-state index in [0.717, 1.165) is 96.3 Å². The largest absolute Gasteiger partial charge is 0.462 e. The summed E-state index contributed by atoms with van der Waals surface area (Å²) in [6, 6.07) is 0. The monoisotopic (exact) mass is 891 g/mol. The van der Waals surface area contributed by atoms with Crippen molar-refractivity contribution in [3.8, 4) is 0 Å². The van der Waals surface area contributed by atoms with Gasteiger partial charge < -0.3 is 14.2 Å². The Kier molecular flexibility index (Phi) is 51.9. The molecule has 1 unspecified atom stereocenters. The number of rotatable bonds is 49. The van der Waals surface area contributed by atoms with Crippen LogP contribution in [0.2, 0.25) is 0 Å². The summed E-state index contributed by atoms with van der Waals surface area (Å²) in [5.74, 6) is -0.433. The van der Waals surface area contributed by atoms with E-state index in [2.05, 4.69) is 106 Å². The molecule has 0 spiro atoms. The van der Waals surface area contributed by atoms with Crippen molar-refractivity contribution >= 4 is 11.9 Å². The molecule has 0 saturated heterocycles. The Morgan fingerprint density at radius 1 is 0.359 bits per heavy atom. The summed E-state index contributed by atoms with van der Waals surface area (Å²) in [4.78, 5) is 25.5. The lowest BCUT2D eigenvalue weighted by Gasteiger charge is -2.18. The summed E-state index contributed by atoms with van der Waals surface area (Å²) in [6.07, 6.45) is 71.8. The van der Waals surface area contributed by atoms with Crippen molar-refractivity contribution in [1.29, 1.82) is 0 Å². The molecule has 0 aliphatic rings. The first kappa shape index (κ1) is 61.1. The molecule has 368 valence electrons. The van der Waals surface area contributed by atoms with E-state index >= 15 is 0 Å². The molecule has 0 aliphatic heterocycles. The maximum atomic E-state index is 12.8. The van der Waals surface area contributed by atoms with E-state index in [1.165, 1.54) is 122 Å². The second-order valence-electron chi connectivity index (χ2n) is 17.7. The van der Waals surface area contributed by atoms with Gasteiger partial charge in [-0.3, -0.25) is 9.59 Å². The molecule has 0 radical (unpaired) electrons. The standard InChI is InChI=1S/C59H102O5/c1-4-7-10-13-16-19-22-25-28-30-32-34-37-40-43-46-49-52-58(60)63-56-57(55-62-54-51-48-45-42-39-36-27-24-21-18-15-12-9-6-3)64-59(61)53-50-47-44-41-38-35-33-31-29-26-23-20-17-14-11-8-5-2/h7,9-10,12,16,18-19,21,25,27-28,36,42,45,57H,4-6,8,11,13-15,17,20,22-24,26,29-35,37-41,43-44,46-56H2,1-3H3/b10-7-,12-9-,19-16-,21-18-,28-25-,36-27-,45-42-. The normalized spacial score (nSPS) is 12.9. The summed E-state index contributed by atoms with van der Waals surface area (Å²) in [6.45, 7) is 7.48. The van der Waals surface area contributed by atoms with Crippen LogP contribution >= 0.6 is 0 Å². The minimum atomic E-state index is -0.570. The van der Waals surface area contributed by atoms with E-state index in [1.807, 2.05) is 0 Å². The van der Waals surface area contributed by atoms with Crippen molar-refractivity contribution in [2.24, 2.45) is 0 Å². The zero-order chi connectivity index (χ0) is 46.3. The lowest BCUT2D eigenvalue weighted by atomic mass is 10.0. The second-order valence-corrected chi connectivity index (χ2v) is 17.7. The highest BCUT2D eigenvalue weighted by atomic mass is 16.6. The van der Waals surface area contributed by atoms with Crippen molar-refractivity contribution in [3.63, 3.8) is 0 Å². The third-order valence-electron chi connectivity index (χ3n) is 11.4. The van der Waals surface area contributed by atoms with E-state index in [1.54, 1.807) is 0 Å². The number of allylic oxidation sites excluding steroid dienone is 14. The van der Waals surface area contributed by atoms with E-state index < -0.39 is 6.10 Å². The van der Waals surface area contributed by atoms with Gasteiger partial charge in [-0.05, 0) is 83.5 Å². The van der Waals surface area contributed by atoms with Crippen molar-refractivity contribution in [2.45, 2.75) is 258 Å². The average Bonchev–Trinajstić information content (AvgIpc) is 3.30. The lowest BCUT2D eigenvalue weighted by molar-refractivity contribution is -0.163. The smallest absolute Gasteiger partial charge is 0.306 e. The second kappa shape index (κ2) is 54.4. The third-order valence-corrected chi connectivity index (χ3v) is 11.4. The highest BCUT2D eigenvalue weighted by Crippen LogP contribution is 2.16. The molecule has 0 N–H and O–H groups in total. The number of ether oxygens (including phenoxy) is 3. The van der Waals surface area contributed by atoms with Gasteiger partial charge in [-0.15, -0.1) is 0 Å². The molecule has 0 aromatic carbocycles. The molecule has 0 aromatic heterocycles. The first-order valence-corrected chi connectivity index (χ1v) is 27.1. The number of unbranched alkanes of at least 4 members (excludes halogenated alkanes) is 24. The zero-order valence-electron chi connectivity index (χ0n) is 42.3. The molecule has 0 bridgehead atoms. The molecule has 0 saturated carbocycles. The Hall–Kier alpha value is -2.92. The van der Waals surface area contributed by atoms with Crippen LogP contribution in [0, 0.1) is 0 Å². The van der Waals surface area contributed by atoms with Crippen molar-refractivity contribution in [3.05, 3.63) is 85.1 Å². The van der Waals surface area contributed by atoms with Gasteiger partial charge in [-0.25, -0.2) is 0 Å². The number of hydrogen-bond donors (Lipinski definition) is 0. The Balaban J connectivity index is 4.33. The summed E-state index contributed by atoms with van der Waals surface area (Å²) < 4.78 is 17.4. The van der Waals surface area contributed by atoms with Crippen LogP contribution in [0.5, 0.6) is 0 Å². The summed E-state index contributed by atoms with van der Waals surface area (Å²) in [7, 11) is 0. The maximum absolute atomic E-state index is 12.8. The highest BCUT2D eigenvalue weighted by molar-refractivity contribution is 5.70. The Morgan fingerprint density at radius 3 is 1.12 bits per heavy atom. The molecule has 0 aliphatic carbocycles. The molecule has 0 heterocycles. The molecule has 0 rings (SSSR count). The molecule has 5 nitrogen and oxygen atoms in total. The molecule has 0 aromatic rings. The van der Waals surface area contributed by atoms with Gasteiger partial charge in [0.2, 0.25) is 0 Å². The van der Waals surface area contributed by atoms with Gasteiger partial charge in [0.25, 0.3) is 0 Å². The zero-order valence-corrected chi connectivity index (χ0v) is 42.3. The number of esters is 2. The molecule has 0 amide bonds. The number of carbonyl (C=O) groups excluding carboxylic acids is 2. The molecule has 0 fully saturated rings. The van der Waals surface area contributed by atoms with Crippen LogP contribution in [0.25, 0.3) is 0 Å². The van der Waals surface area contributed by atoms with Crippen molar-refractivity contribution in [1.82, 2.24) is 0 Å². The quantitative estimate of drug-likeness (QED) is 0.0346. The maximum Gasteiger partial charge on any atom is 0.306 e. The predicted octanol–water partition coefficient (Wildman–Crippen LogP) is 18.5. The lowest BCUT2D eigenvalue weighted by Crippen LogP contribution is -2.30. The van der Waals surface area contributed by atoms with Crippen LogP contribution in [0.1, 0.15) is 252 Å². The fourth-order valence-electron chi connectivity index (χ4n) is 7.47. The van der Waals surface area contributed by atoms with Gasteiger partial charge in [0.15, 0.2) is 6.10 Å². The van der Waals surface area contributed by atoms with Gasteiger partial charge in [0.05, 0.1) is 6.61 Å². The number of carbonyl (C=O) groups is 2. The van der Waals surface area contributed by atoms with Crippen LogP contribution in [0.15, 0.2) is 85.1 Å². The van der Waals surface area contributed by atoms with Gasteiger partial charge in [-0.2, -0.15) is 0 Å². The molecular weight excluding hydrogens is 789 g/mol. The van der Waals surface area contributed by atoms with Crippen LogP contribution in [-0.2, 0) is 23.8 Å². The Morgan fingerprint density at radius 2 is 0.703 bits per heavy atom. The molecular formula is C59H102O5. The first-order valence-electron chi connectivity index (χ1n) is 27.1. The van der Waals surface area contributed by atoms with Gasteiger partial charge in [0, 0.05) is 19.4 Å². The van der Waals surface area contributed by atoms with Crippen molar-refractivity contribution < 1.29 is 23.8 Å². The van der Waals surface area contributed by atoms with Gasteiger partial charge >= 0.3 is 11.9 Å². The SMILES string of the molecule is CC/C=C\C/C=C\C/C=C\C/C=C\CCCOCC(COC(=O)CCCCCCCCC/C=C\C/C=C\C/C=C\CC)OC(=O)CCCCCCCCCCCCCCCCCCC. The molecule has 5 heteroatoms. The third kappa shape index (κ3) is 51.7. The summed E-state index contributed by atoms with van der Waals surface area (Å²) >= 11 is 0. The Labute approximate surface area is 397 Å². The minimum absolute atomic E-state index is 0.0571. The average molecular weight is 891 g/mol. The number of hydrogen-bond acceptors (Lipinski definition) is 5. The van der Waals surface area contributed by atoms with E-state index in [9.17, 15) is 9.59 Å². The van der Waals surface area contributed by atoms with Gasteiger partial charge in [-0.1, -0.05) is 241 Å². The Bertz CT molecular complexity index is 1190. The van der Waals surface area contributed by atoms with E-state index in [0.29, 0.717) is 19.4 Å². The topological polar surface area (TPSA) is 61.8 Å². The van der Waals surface area contributed by atoms with Gasteiger partial charge in [0.1, 0.15) is 6.61 Å². The van der Waals surface area contributed by atoms with Crippen molar-refractivity contribution in [2.75, 3.05) is 19.8 Å². The van der Waals surface area contributed by atoms with E-state index in [-0.39, 0.29) is 25.2 Å². The highest BCUT2D eigenvalue weighted by Gasteiger charge is 2.17. The van der Waals surface area contributed by atoms with Crippen LogP contribution in [0.4, 0.5) is 0 Å². The van der Waals surface area contributed by atoms with E-state index in [4.69, 9.17) is 14.2 Å². The summed E-state index contributed by atoms with van der Waals surface area (Å²) in [5.41, 5.74) is 0. The summed E-state index contributed by atoms with van der Waals surface area (Å²) in [5, 5.41) is 0. The van der Waals surface area contributed by atoms with Crippen LogP contribution < -0.4 is 0 Å². The fraction of sp³-hybridized carbons (Fsp3) is 0.729. The molecule has 1 atom stereocenters.